The van der Waals surface area contributed by atoms with Crippen LogP contribution in [0.3, 0.4) is 0 Å². The van der Waals surface area contributed by atoms with Gasteiger partial charge in [0.15, 0.2) is 0 Å². The lowest BCUT2D eigenvalue weighted by atomic mass is 9.95. The van der Waals surface area contributed by atoms with Crippen LogP contribution in [0.2, 0.25) is 0 Å². The number of hydrogen-bond donors (Lipinski definition) is 1. The van der Waals surface area contributed by atoms with E-state index in [0.29, 0.717) is 6.04 Å². The predicted octanol–water partition coefficient (Wildman–Crippen LogP) is 4.66. The quantitative estimate of drug-likeness (QED) is 0.803. The number of thiophene rings is 1. The Bertz CT molecular complexity index is 563. The second-order valence-electron chi connectivity index (χ2n) is 5.49. The summed E-state index contributed by atoms with van der Waals surface area (Å²) in [4.78, 5) is 1.41. The van der Waals surface area contributed by atoms with E-state index in [1.165, 1.54) is 21.6 Å². The maximum Gasteiger partial charge on any atom is 0.124 e. The molecular weight excluding hydrogens is 278 g/mol. The molecule has 0 spiro atoms. The van der Waals surface area contributed by atoms with Gasteiger partial charge in [-0.25, -0.2) is 0 Å². The minimum Gasteiger partial charge on any atom is -0.496 e. The van der Waals surface area contributed by atoms with E-state index in [1.54, 1.807) is 7.11 Å². The minimum atomic E-state index is 0.305. The van der Waals surface area contributed by atoms with Gasteiger partial charge in [0, 0.05) is 22.9 Å². The molecule has 0 saturated carbocycles. The zero-order chi connectivity index (χ0) is 15.2. The molecule has 1 aromatic heterocycles. The first kappa shape index (κ1) is 16.1. The second-order valence-corrected chi connectivity index (χ2v) is 6.52. The van der Waals surface area contributed by atoms with Gasteiger partial charge in [-0.15, -0.1) is 11.3 Å². The van der Waals surface area contributed by atoms with Crippen molar-refractivity contribution in [3.05, 3.63) is 51.2 Å². The molecule has 1 unspecified atom stereocenters. The Balaban J connectivity index is 2.35. The fraction of sp³-hybridized carbons (Fsp3) is 0.444. The summed E-state index contributed by atoms with van der Waals surface area (Å²) in [6, 6.07) is 9.01. The van der Waals surface area contributed by atoms with E-state index >= 15 is 0 Å². The molecule has 1 heterocycles. The molecule has 1 atom stereocenters. The molecule has 0 bridgehead atoms. The van der Waals surface area contributed by atoms with Crippen molar-refractivity contribution in [3.8, 4) is 5.75 Å². The molecule has 0 fully saturated rings. The van der Waals surface area contributed by atoms with Crippen LogP contribution in [-0.2, 0) is 6.42 Å². The zero-order valence-corrected chi connectivity index (χ0v) is 14.2. The highest BCUT2D eigenvalue weighted by Gasteiger charge is 2.19. The summed E-state index contributed by atoms with van der Waals surface area (Å²) >= 11 is 1.82. The van der Waals surface area contributed by atoms with Crippen molar-refractivity contribution in [1.29, 1.82) is 0 Å². The van der Waals surface area contributed by atoms with Crippen LogP contribution in [0.1, 0.15) is 41.0 Å². The second kappa shape index (κ2) is 7.62. The van der Waals surface area contributed by atoms with E-state index in [2.05, 4.69) is 55.7 Å². The molecule has 0 amide bonds. The van der Waals surface area contributed by atoms with Gasteiger partial charge in [-0.05, 0) is 55.5 Å². The van der Waals surface area contributed by atoms with E-state index < -0.39 is 0 Å². The molecule has 0 aliphatic carbocycles. The largest absolute Gasteiger partial charge is 0.496 e. The van der Waals surface area contributed by atoms with E-state index in [1.807, 2.05) is 11.3 Å². The lowest BCUT2D eigenvalue weighted by Gasteiger charge is -2.23. The Kier molecular flexibility index (Phi) is 5.83. The van der Waals surface area contributed by atoms with Gasteiger partial charge >= 0.3 is 0 Å². The maximum atomic E-state index is 5.65. The van der Waals surface area contributed by atoms with Crippen LogP contribution in [0.25, 0.3) is 0 Å². The molecule has 0 radical (unpaired) electrons. The summed E-state index contributed by atoms with van der Waals surface area (Å²) in [5, 5.41) is 5.83. The molecule has 0 aliphatic heterocycles. The highest BCUT2D eigenvalue weighted by atomic mass is 32.1. The van der Waals surface area contributed by atoms with Crippen LogP contribution in [0.15, 0.2) is 29.6 Å². The van der Waals surface area contributed by atoms with Gasteiger partial charge in [0.2, 0.25) is 0 Å². The molecule has 1 aromatic carbocycles. The van der Waals surface area contributed by atoms with Crippen molar-refractivity contribution in [2.24, 2.45) is 0 Å². The SMILES string of the molecule is CCCNC(Cc1cccs1)c1c(C)cc(C)cc1OC. The normalized spacial score (nSPS) is 12.4. The Morgan fingerprint density at radius 3 is 2.71 bits per heavy atom. The first-order chi connectivity index (χ1) is 10.2. The molecule has 1 N–H and O–H groups in total. The van der Waals surface area contributed by atoms with Crippen molar-refractivity contribution < 1.29 is 4.74 Å². The molecule has 3 heteroatoms. The Morgan fingerprint density at radius 1 is 1.29 bits per heavy atom. The smallest absolute Gasteiger partial charge is 0.124 e. The highest BCUT2D eigenvalue weighted by molar-refractivity contribution is 7.09. The molecule has 2 nitrogen and oxygen atoms in total. The summed E-state index contributed by atoms with van der Waals surface area (Å²) in [7, 11) is 1.76. The van der Waals surface area contributed by atoms with Gasteiger partial charge in [-0.3, -0.25) is 0 Å². The summed E-state index contributed by atoms with van der Waals surface area (Å²) < 4.78 is 5.65. The molecule has 2 aromatic rings. The third kappa shape index (κ3) is 4.08. The number of methoxy groups -OCH3 is 1. The lowest BCUT2D eigenvalue weighted by Crippen LogP contribution is -2.25. The van der Waals surface area contributed by atoms with Gasteiger partial charge < -0.3 is 10.1 Å². The van der Waals surface area contributed by atoms with Crippen molar-refractivity contribution >= 4 is 11.3 Å². The third-order valence-electron chi connectivity index (χ3n) is 3.69. The van der Waals surface area contributed by atoms with Crippen LogP contribution in [0, 0.1) is 13.8 Å². The number of ether oxygens (including phenoxy) is 1. The number of nitrogens with one attached hydrogen (secondary N) is 1. The fourth-order valence-electron chi connectivity index (χ4n) is 2.78. The number of aryl methyl sites for hydroxylation is 2. The monoisotopic (exact) mass is 303 g/mol. The Morgan fingerprint density at radius 2 is 2.10 bits per heavy atom. The number of benzene rings is 1. The molecule has 2 rings (SSSR count). The van der Waals surface area contributed by atoms with Crippen molar-refractivity contribution in [3.63, 3.8) is 0 Å². The van der Waals surface area contributed by atoms with Crippen LogP contribution in [-0.4, -0.2) is 13.7 Å². The Labute approximate surface area is 132 Å². The van der Waals surface area contributed by atoms with Crippen LogP contribution >= 0.6 is 11.3 Å². The predicted molar refractivity (Wildman–Crippen MR) is 91.5 cm³/mol. The van der Waals surface area contributed by atoms with Crippen LogP contribution in [0.4, 0.5) is 0 Å². The Hall–Kier alpha value is -1.32. The highest BCUT2D eigenvalue weighted by Crippen LogP contribution is 2.32. The van der Waals surface area contributed by atoms with Crippen LogP contribution < -0.4 is 10.1 Å². The van der Waals surface area contributed by atoms with Crippen molar-refractivity contribution in [2.75, 3.05) is 13.7 Å². The average molecular weight is 303 g/mol. The first-order valence-corrected chi connectivity index (χ1v) is 8.44. The van der Waals surface area contributed by atoms with Gasteiger partial charge in [-0.1, -0.05) is 19.1 Å². The van der Waals surface area contributed by atoms with Crippen molar-refractivity contribution in [1.82, 2.24) is 5.32 Å². The van der Waals surface area contributed by atoms with E-state index in [4.69, 9.17) is 4.74 Å². The zero-order valence-electron chi connectivity index (χ0n) is 13.4. The maximum absolute atomic E-state index is 5.65. The molecular formula is C18H25NOS. The van der Waals surface area contributed by atoms with Crippen molar-refractivity contribution in [2.45, 2.75) is 39.7 Å². The van der Waals surface area contributed by atoms with Crippen LogP contribution in [0.5, 0.6) is 5.75 Å². The summed E-state index contributed by atoms with van der Waals surface area (Å²) in [5.41, 5.74) is 3.85. The molecule has 21 heavy (non-hydrogen) atoms. The fourth-order valence-corrected chi connectivity index (χ4v) is 3.53. The van der Waals surface area contributed by atoms with Gasteiger partial charge in [-0.2, -0.15) is 0 Å². The molecule has 0 aliphatic rings. The summed E-state index contributed by atoms with van der Waals surface area (Å²) in [5.74, 6) is 0.998. The standard InChI is InChI=1S/C18H25NOS/c1-5-8-19-16(12-15-7-6-9-21-15)18-14(3)10-13(2)11-17(18)20-4/h6-7,9-11,16,19H,5,8,12H2,1-4H3. The number of hydrogen-bond acceptors (Lipinski definition) is 3. The minimum absolute atomic E-state index is 0.305. The van der Waals surface area contributed by atoms with Gasteiger partial charge in [0.05, 0.1) is 7.11 Å². The third-order valence-corrected chi connectivity index (χ3v) is 4.59. The summed E-state index contributed by atoms with van der Waals surface area (Å²) in [6.45, 7) is 7.52. The van der Waals surface area contributed by atoms with E-state index in [-0.39, 0.29) is 0 Å². The van der Waals surface area contributed by atoms with E-state index in [9.17, 15) is 0 Å². The molecule has 114 valence electrons. The topological polar surface area (TPSA) is 21.3 Å². The van der Waals surface area contributed by atoms with E-state index in [0.717, 1.165) is 25.1 Å². The average Bonchev–Trinajstić information content (AvgIpc) is 2.96. The van der Waals surface area contributed by atoms with Gasteiger partial charge in [0.25, 0.3) is 0 Å². The molecule has 0 saturated heterocycles. The lowest BCUT2D eigenvalue weighted by molar-refractivity contribution is 0.397. The number of rotatable bonds is 7. The van der Waals surface area contributed by atoms with Gasteiger partial charge in [0.1, 0.15) is 5.75 Å². The first-order valence-electron chi connectivity index (χ1n) is 7.56. The summed E-state index contributed by atoms with van der Waals surface area (Å²) in [6.07, 6.45) is 2.14.